The van der Waals surface area contributed by atoms with Gasteiger partial charge >= 0.3 is 0 Å². The number of hydrogen-bond donors (Lipinski definition) is 0. The number of nitrogens with zero attached hydrogens (tertiary/aromatic N) is 1. The van der Waals surface area contributed by atoms with Gasteiger partial charge in [0.2, 0.25) is 0 Å². The summed E-state index contributed by atoms with van der Waals surface area (Å²) in [6.45, 7) is 9.45. The molecule has 0 aliphatic carbocycles. The second-order valence-corrected chi connectivity index (χ2v) is 2.09. The molecule has 1 rings (SSSR count). The van der Waals surface area contributed by atoms with E-state index in [0.29, 0.717) is 0 Å². The predicted molar refractivity (Wildman–Crippen MR) is 39.3 cm³/mol. The molecule has 0 unspecified atom stereocenters. The van der Waals surface area contributed by atoms with E-state index in [1.165, 1.54) is 0 Å². The molecule has 0 aliphatic rings. The molecule has 1 aromatic rings. The quantitative estimate of drug-likeness (QED) is 0.476. The highest BCUT2D eigenvalue weighted by Gasteiger charge is 1.81. The Morgan fingerprint density at radius 1 is 1.33 bits per heavy atom. The van der Waals surface area contributed by atoms with Gasteiger partial charge < -0.3 is 0 Å². The van der Waals surface area contributed by atoms with Crippen molar-refractivity contribution in [2.24, 2.45) is 0 Å². The molecule has 0 aromatic carbocycles. The van der Waals surface area contributed by atoms with Gasteiger partial charge in [0.25, 0.3) is 0 Å². The van der Waals surface area contributed by atoms with Gasteiger partial charge in [-0.2, -0.15) is 0 Å². The van der Waals surface area contributed by atoms with Crippen LogP contribution in [0.5, 0.6) is 0 Å². The fraction of sp³-hybridized carbons (Fsp3) is 0.125. The Kier molecular flexibility index (Phi) is 1.35. The molecule has 46 valence electrons. The fourth-order valence-corrected chi connectivity index (χ4v) is 0.645. The zero-order chi connectivity index (χ0) is 6.85. The highest BCUT2D eigenvalue weighted by atomic mass is 14.6. The van der Waals surface area contributed by atoms with Gasteiger partial charge in [0.1, 0.15) is 0 Å². The summed E-state index contributed by atoms with van der Waals surface area (Å²) in [5.41, 5.74) is 0.993. The van der Waals surface area contributed by atoms with Gasteiger partial charge in [0.15, 0.2) is 0 Å². The van der Waals surface area contributed by atoms with Crippen LogP contribution in [0.1, 0.15) is 5.69 Å². The zero-order valence-electron chi connectivity index (χ0n) is 5.52. The van der Waals surface area contributed by atoms with E-state index >= 15 is 0 Å². The Balaban J connectivity index is 3.53. The van der Waals surface area contributed by atoms with E-state index in [1.54, 1.807) is 6.20 Å². The highest BCUT2D eigenvalue weighted by Crippen LogP contribution is 1.76. The molecule has 0 aliphatic heterocycles. The number of pyridine rings is 1. The molecular weight excluding hydrogens is 110 g/mol. The molecule has 1 aromatic heterocycles. The van der Waals surface area contributed by atoms with Crippen molar-refractivity contribution in [3.8, 4) is 0 Å². The van der Waals surface area contributed by atoms with Crippen molar-refractivity contribution in [1.82, 2.24) is 4.98 Å². The van der Waals surface area contributed by atoms with Gasteiger partial charge in [-0.05, 0) is 23.4 Å². The second-order valence-electron chi connectivity index (χ2n) is 2.09. The Morgan fingerprint density at radius 3 is 2.44 bits per heavy atom. The molecule has 0 atom stereocenters. The largest absolute Gasteiger partial charge is 0.261 e. The lowest BCUT2D eigenvalue weighted by atomic mass is 10.3. The summed E-state index contributed by atoms with van der Waals surface area (Å²) < 4.78 is 0. The molecule has 0 spiro atoms. The third-order valence-corrected chi connectivity index (χ3v) is 1.22. The van der Waals surface area contributed by atoms with Crippen LogP contribution in [-0.2, 0) is 0 Å². The van der Waals surface area contributed by atoms with Gasteiger partial charge in [-0.25, -0.2) is 0 Å². The zero-order valence-corrected chi connectivity index (χ0v) is 5.52. The van der Waals surface area contributed by atoms with Crippen LogP contribution in [0, 0.1) is 6.92 Å². The van der Waals surface area contributed by atoms with E-state index in [-0.39, 0.29) is 0 Å². The molecule has 1 nitrogen and oxygen atoms in total. The van der Waals surface area contributed by atoms with E-state index in [0.717, 1.165) is 16.1 Å². The van der Waals surface area contributed by atoms with E-state index in [1.807, 2.05) is 13.0 Å². The summed E-state index contributed by atoms with van der Waals surface area (Å²) >= 11 is 0. The summed E-state index contributed by atoms with van der Waals surface area (Å²) in [7, 11) is 0. The Morgan fingerprint density at radius 2 is 2.00 bits per heavy atom. The van der Waals surface area contributed by atoms with Crippen molar-refractivity contribution >= 4 is 13.2 Å². The average Bonchev–Trinajstić information content (AvgIpc) is 1.80. The minimum absolute atomic E-state index is 0.903. The monoisotopic (exact) mass is 119 g/mol. The third-order valence-electron chi connectivity index (χ3n) is 1.22. The highest BCUT2D eigenvalue weighted by molar-refractivity contribution is 5.15. The summed E-state index contributed by atoms with van der Waals surface area (Å²) in [6, 6.07) is 1.92. The minimum Gasteiger partial charge on any atom is -0.261 e. The average molecular weight is 119 g/mol. The van der Waals surface area contributed by atoms with Crippen LogP contribution in [0.15, 0.2) is 12.3 Å². The van der Waals surface area contributed by atoms with E-state index in [2.05, 4.69) is 18.1 Å². The first-order valence-electron chi connectivity index (χ1n) is 2.80. The molecule has 0 N–H and O–H groups in total. The second kappa shape index (κ2) is 2.02. The molecule has 9 heavy (non-hydrogen) atoms. The Bertz CT molecular complexity index is 301. The van der Waals surface area contributed by atoms with Crippen LogP contribution < -0.4 is 10.4 Å². The molecule has 0 saturated heterocycles. The molecule has 0 radical (unpaired) electrons. The topological polar surface area (TPSA) is 12.9 Å². The van der Waals surface area contributed by atoms with Crippen LogP contribution in [0.4, 0.5) is 0 Å². The molecule has 0 bridgehead atoms. The molecular formula is C8H9N. The van der Waals surface area contributed by atoms with E-state index in [9.17, 15) is 0 Å². The van der Waals surface area contributed by atoms with Crippen molar-refractivity contribution in [1.29, 1.82) is 0 Å². The predicted octanol–water partition coefficient (Wildman–Crippen LogP) is 0.211. The normalized spacial score (nSPS) is 9.44. The number of hydrogen-bond acceptors (Lipinski definition) is 1. The standard InChI is InChI=1S/C8H9N/c1-6-4-8(3)9-5-7(6)2/h4-5H,1-2H2,3H3. The smallest absolute Gasteiger partial charge is 0.0378 e. The first-order chi connectivity index (χ1) is 4.20. The lowest BCUT2D eigenvalue weighted by molar-refractivity contribution is 1.17. The van der Waals surface area contributed by atoms with Crippen molar-refractivity contribution < 1.29 is 0 Å². The van der Waals surface area contributed by atoms with Crippen LogP contribution in [0.3, 0.4) is 0 Å². The van der Waals surface area contributed by atoms with Crippen LogP contribution >= 0.6 is 0 Å². The van der Waals surface area contributed by atoms with E-state index in [4.69, 9.17) is 0 Å². The molecule has 0 fully saturated rings. The summed E-state index contributed by atoms with van der Waals surface area (Å²) in [5.74, 6) is 0. The van der Waals surface area contributed by atoms with Gasteiger partial charge in [0, 0.05) is 11.9 Å². The number of aromatic nitrogens is 1. The number of aryl methyl sites for hydroxylation is 1. The summed E-state index contributed by atoms with van der Waals surface area (Å²) in [6.07, 6.45) is 1.73. The van der Waals surface area contributed by atoms with Crippen LogP contribution in [0.25, 0.3) is 13.2 Å². The molecule has 1 heteroatoms. The first-order valence-corrected chi connectivity index (χ1v) is 2.80. The molecule has 1 heterocycles. The van der Waals surface area contributed by atoms with Gasteiger partial charge in [-0.3, -0.25) is 4.98 Å². The third kappa shape index (κ3) is 1.17. The summed E-state index contributed by atoms with van der Waals surface area (Å²) in [4.78, 5) is 4.04. The molecule has 0 amide bonds. The summed E-state index contributed by atoms with van der Waals surface area (Å²) in [5, 5.41) is 1.86. The van der Waals surface area contributed by atoms with Crippen molar-refractivity contribution in [3.63, 3.8) is 0 Å². The SMILES string of the molecule is C=c1cnc(C)cc1=C. The first kappa shape index (κ1) is 6.02. The van der Waals surface area contributed by atoms with E-state index < -0.39 is 0 Å². The van der Waals surface area contributed by atoms with Gasteiger partial charge in [-0.15, -0.1) is 0 Å². The van der Waals surface area contributed by atoms with Crippen molar-refractivity contribution in [2.45, 2.75) is 6.92 Å². The van der Waals surface area contributed by atoms with Crippen LogP contribution in [0.2, 0.25) is 0 Å². The maximum atomic E-state index is 4.04. The lowest BCUT2D eigenvalue weighted by Gasteiger charge is -1.87. The van der Waals surface area contributed by atoms with Crippen molar-refractivity contribution in [3.05, 3.63) is 28.4 Å². The lowest BCUT2D eigenvalue weighted by Crippen LogP contribution is -2.21. The van der Waals surface area contributed by atoms with Gasteiger partial charge in [0.05, 0.1) is 0 Å². The maximum Gasteiger partial charge on any atom is 0.0378 e. The molecule has 0 saturated carbocycles. The number of rotatable bonds is 0. The maximum absolute atomic E-state index is 4.04. The van der Waals surface area contributed by atoms with Gasteiger partial charge in [-0.1, -0.05) is 13.2 Å². The van der Waals surface area contributed by atoms with Crippen LogP contribution in [-0.4, -0.2) is 4.98 Å². The van der Waals surface area contributed by atoms with Crippen molar-refractivity contribution in [2.75, 3.05) is 0 Å². The fourth-order valence-electron chi connectivity index (χ4n) is 0.645. The Labute approximate surface area is 54.4 Å². The minimum atomic E-state index is 0.903. The Hall–Kier alpha value is -1.11.